The summed E-state index contributed by atoms with van der Waals surface area (Å²) in [4.78, 5) is 17.3. The maximum atomic E-state index is 11.0. The van der Waals surface area contributed by atoms with E-state index in [0.717, 1.165) is 35.4 Å². The lowest BCUT2D eigenvalue weighted by molar-refractivity contribution is -0.384. The summed E-state index contributed by atoms with van der Waals surface area (Å²) < 4.78 is 0. The molecule has 2 heterocycles. The molecule has 1 saturated heterocycles. The van der Waals surface area contributed by atoms with E-state index >= 15 is 0 Å². The van der Waals surface area contributed by atoms with E-state index in [1.54, 1.807) is 12.1 Å². The van der Waals surface area contributed by atoms with E-state index in [0.29, 0.717) is 5.92 Å². The molecule has 2 aromatic rings. The zero-order chi connectivity index (χ0) is 15.1. The smallest absolute Gasteiger partial charge is 0.270 e. The second kappa shape index (κ2) is 4.96. The number of aromatic nitrogens is 1. The Morgan fingerprint density at radius 2 is 2.14 bits per heavy atom. The molecule has 110 valence electrons. The number of benzene rings is 1. The van der Waals surface area contributed by atoms with Crippen LogP contribution in [-0.4, -0.2) is 29.0 Å². The van der Waals surface area contributed by atoms with Crippen LogP contribution in [0, 0.1) is 23.0 Å². The molecule has 0 spiro atoms. The number of nitrogens with two attached hydrogens (primary N) is 1. The minimum absolute atomic E-state index is 0.0888. The first-order valence-corrected chi connectivity index (χ1v) is 7.02. The number of aryl methyl sites for hydroxylation is 1. The second-order valence-corrected chi connectivity index (χ2v) is 5.79. The average Bonchev–Trinajstić information content (AvgIpc) is 2.77. The summed E-state index contributed by atoms with van der Waals surface area (Å²) in [5, 5.41) is 11.8. The summed E-state index contributed by atoms with van der Waals surface area (Å²) in [6, 6.07) is 6.93. The highest BCUT2D eigenvalue weighted by Gasteiger charge is 2.28. The first-order valence-electron chi connectivity index (χ1n) is 7.02. The highest BCUT2D eigenvalue weighted by atomic mass is 16.6. The Bertz CT molecular complexity index is 706. The van der Waals surface area contributed by atoms with E-state index in [-0.39, 0.29) is 16.7 Å². The Hall–Kier alpha value is -2.21. The Labute approximate surface area is 122 Å². The van der Waals surface area contributed by atoms with Crippen molar-refractivity contribution in [1.82, 2.24) is 4.98 Å². The van der Waals surface area contributed by atoms with E-state index < -0.39 is 0 Å². The SMILES string of the molecule is Cc1cc(N2CC(C)C(N)C2)c2cc([N+](=O)[O-])ccc2n1. The fourth-order valence-electron chi connectivity index (χ4n) is 2.89. The highest BCUT2D eigenvalue weighted by molar-refractivity contribution is 5.93. The Morgan fingerprint density at radius 3 is 2.76 bits per heavy atom. The van der Waals surface area contributed by atoms with Crippen LogP contribution in [0.4, 0.5) is 11.4 Å². The number of hydrogen-bond donors (Lipinski definition) is 1. The van der Waals surface area contributed by atoms with Gasteiger partial charge in [-0.3, -0.25) is 15.1 Å². The van der Waals surface area contributed by atoms with E-state index in [9.17, 15) is 10.1 Å². The number of nitro benzene ring substituents is 1. The third-order valence-electron chi connectivity index (χ3n) is 4.12. The molecule has 21 heavy (non-hydrogen) atoms. The molecule has 1 fully saturated rings. The highest BCUT2D eigenvalue weighted by Crippen LogP contribution is 2.32. The Kier molecular flexibility index (Phi) is 3.25. The van der Waals surface area contributed by atoms with Gasteiger partial charge in [-0.1, -0.05) is 6.92 Å². The van der Waals surface area contributed by atoms with Crippen molar-refractivity contribution in [2.75, 3.05) is 18.0 Å². The zero-order valence-corrected chi connectivity index (χ0v) is 12.1. The number of anilines is 1. The number of nitrogens with zero attached hydrogens (tertiary/aromatic N) is 3. The van der Waals surface area contributed by atoms with Gasteiger partial charge in [-0.2, -0.15) is 0 Å². The van der Waals surface area contributed by atoms with E-state index in [4.69, 9.17) is 5.73 Å². The van der Waals surface area contributed by atoms with Gasteiger partial charge in [0.1, 0.15) is 0 Å². The summed E-state index contributed by atoms with van der Waals surface area (Å²) >= 11 is 0. The number of non-ortho nitro benzene ring substituents is 1. The topological polar surface area (TPSA) is 85.3 Å². The van der Waals surface area contributed by atoms with Crippen LogP contribution in [0.2, 0.25) is 0 Å². The van der Waals surface area contributed by atoms with Crippen LogP contribution in [0.3, 0.4) is 0 Å². The first-order chi connectivity index (χ1) is 9.95. The van der Waals surface area contributed by atoms with Gasteiger partial charge >= 0.3 is 0 Å². The van der Waals surface area contributed by atoms with Crippen molar-refractivity contribution in [3.8, 4) is 0 Å². The summed E-state index contributed by atoms with van der Waals surface area (Å²) in [6.45, 7) is 5.69. The van der Waals surface area contributed by atoms with Gasteiger partial charge in [-0.15, -0.1) is 0 Å². The van der Waals surface area contributed by atoms with Gasteiger partial charge in [0.2, 0.25) is 0 Å². The largest absolute Gasteiger partial charge is 0.369 e. The fourth-order valence-corrected chi connectivity index (χ4v) is 2.89. The zero-order valence-electron chi connectivity index (χ0n) is 12.1. The second-order valence-electron chi connectivity index (χ2n) is 5.79. The third-order valence-corrected chi connectivity index (χ3v) is 4.12. The summed E-state index contributed by atoms with van der Waals surface area (Å²) in [5.74, 6) is 0.409. The number of rotatable bonds is 2. The molecule has 6 nitrogen and oxygen atoms in total. The maximum absolute atomic E-state index is 11.0. The van der Waals surface area contributed by atoms with Crippen molar-refractivity contribution in [3.05, 3.63) is 40.1 Å². The number of pyridine rings is 1. The van der Waals surface area contributed by atoms with E-state index in [1.807, 2.05) is 13.0 Å². The Morgan fingerprint density at radius 1 is 1.38 bits per heavy atom. The molecule has 2 unspecified atom stereocenters. The number of hydrogen-bond acceptors (Lipinski definition) is 5. The lowest BCUT2D eigenvalue weighted by atomic mass is 10.1. The lowest BCUT2D eigenvalue weighted by Gasteiger charge is -2.20. The van der Waals surface area contributed by atoms with Crippen LogP contribution in [0.1, 0.15) is 12.6 Å². The minimum Gasteiger partial charge on any atom is -0.369 e. The van der Waals surface area contributed by atoms with Crippen LogP contribution >= 0.6 is 0 Å². The van der Waals surface area contributed by atoms with E-state index in [1.165, 1.54) is 6.07 Å². The van der Waals surface area contributed by atoms with Crippen molar-refractivity contribution in [2.45, 2.75) is 19.9 Å². The molecule has 1 aliphatic rings. The summed E-state index contributed by atoms with van der Waals surface area (Å²) in [5.41, 5.74) is 8.86. The average molecular weight is 286 g/mol. The molecular weight excluding hydrogens is 268 g/mol. The molecule has 2 N–H and O–H groups in total. The van der Waals surface area contributed by atoms with Crippen LogP contribution in [0.15, 0.2) is 24.3 Å². The van der Waals surface area contributed by atoms with Crippen molar-refractivity contribution < 1.29 is 4.92 Å². The lowest BCUT2D eigenvalue weighted by Crippen LogP contribution is -2.28. The predicted molar refractivity (Wildman–Crippen MR) is 82.5 cm³/mol. The maximum Gasteiger partial charge on any atom is 0.270 e. The predicted octanol–water partition coefficient (Wildman–Crippen LogP) is 2.23. The van der Waals surface area contributed by atoms with Gasteiger partial charge in [0.25, 0.3) is 5.69 Å². The van der Waals surface area contributed by atoms with Crippen molar-refractivity contribution in [3.63, 3.8) is 0 Å². The molecule has 1 aliphatic heterocycles. The normalized spacial score (nSPS) is 22.0. The molecule has 6 heteroatoms. The quantitative estimate of drug-likeness (QED) is 0.676. The third kappa shape index (κ3) is 2.42. The molecule has 0 amide bonds. The van der Waals surface area contributed by atoms with Crippen LogP contribution in [-0.2, 0) is 0 Å². The van der Waals surface area contributed by atoms with Crippen LogP contribution < -0.4 is 10.6 Å². The van der Waals surface area contributed by atoms with Gasteiger partial charge in [0, 0.05) is 48.0 Å². The van der Waals surface area contributed by atoms with Crippen molar-refractivity contribution in [1.29, 1.82) is 0 Å². The van der Waals surface area contributed by atoms with Gasteiger partial charge in [-0.05, 0) is 25.0 Å². The molecule has 2 atom stereocenters. The number of nitro groups is 1. The fraction of sp³-hybridized carbons (Fsp3) is 0.400. The van der Waals surface area contributed by atoms with Crippen LogP contribution in [0.25, 0.3) is 10.9 Å². The molecule has 3 rings (SSSR count). The molecule has 0 aliphatic carbocycles. The minimum atomic E-state index is -0.374. The molecule has 0 saturated carbocycles. The van der Waals surface area contributed by atoms with Gasteiger partial charge in [0.15, 0.2) is 0 Å². The summed E-state index contributed by atoms with van der Waals surface area (Å²) in [6.07, 6.45) is 0. The van der Waals surface area contributed by atoms with Crippen molar-refractivity contribution >= 4 is 22.3 Å². The standard InChI is InChI=1S/C15H18N4O2/c1-9-7-18(8-13(9)16)15-5-10(2)17-14-4-3-11(19(20)21)6-12(14)15/h3-6,9,13H,7-8,16H2,1-2H3. The Balaban J connectivity index is 2.16. The monoisotopic (exact) mass is 286 g/mol. The van der Waals surface area contributed by atoms with Crippen molar-refractivity contribution in [2.24, 2.45) is 11.7 Å². The molecule has 1 aromatic carbocycles. The van der Waals surface area contributed by atoms with Gasteiger partial charge in [0.05, 0.1) is 10.4 Å². The first kappa shape index (κ1) is 13.8. The molecule has 1 aromatic heterocycles. The summed E-state index contributed by atoms with van der Waals surface area (Å²) in [7, 11) is 0. The molecule has 0 bridgehead atoms. The van der Waals surface area contributed by atoms with Gasteiger partial charge in [-0.25, -0.2) is 0 Å². The van der Waals surface area contributed by atoms with E-state index in [2.05, 4.69) is 16.8 Å². The van der Waals surface area contributed by atoms with Crippen LogP contribution in [0.5, 0.6) is 0 Å². The number of fused-ring (bicyclic) bond motifs is 1. The van der Waals surface area contributed by atoms with Gasteiger partial charge < -0.3 is 10.6 Å². The molecular formula is C15H18N4O2. The molecule has 0 radical (unpaired) electrons.